The summed E-state index contributed by atoms with van der Waals surface area (Å²) < 4.78 is 25.9. The van der Waals surface area contributed by atoms with Crippen molar-refractivity contribution in [2.45, 2.75) is 49.7 Å². The molecular formula is C102H62BClN10O4. The van der Waals surface area contributed by atoms with Gasteiger partial charge in [-0.05, 0) is 189 Å². The van der Waals surface area contributed by atoms with E-state index in [1.807, 2.05) is 191 Å². The van der Waals surface area contributed by atoms with Crippen molar-refractivity contribution in [3.8, 4) is 126 Å². The molecule has 4 aliphatic carbocycles. The second-order valence-corrected chi connectivity index (χ2v) is 31.4. The van der Waals surface area contributed by atoms with Gasteiger partial charge in [0.05, 0.1) is 68.6 Å². The molecule has 2 spiro atoms. The summed E-state index contributed by atoms with van der Waals surface area (Å²) in [6, 6.07) is 111. The SMILES string of the molecule is CC1(C)OB(c2cc3oc4ccc5c(c4c3cc2C#N)-c2ccc(C#N)cc2C52c3ccccc3-c3ccccc32)OC1(C)C.Clc1nc(-c2ccccc2)nc(-c2ccccc2)n1.N#Cc1ccc2c(c1)C1(c3ccccc3-c3ccccc31)c1ccc3oc4cc(-c5nc(-c6ccccc6)nc(-c6ccccc6)n5)c(C#N)cc4c3c1-2. The van der Waals surface area contributed by atoms with E-state index in [1.165, 1.54) is 44.5 Å². The van der Waals surface area contributed by atoms with Crippen LogP contribution in [0.3, 0.4) is 0 Å². The maximum absolute atomic E-state index is 10.7. The van der Waals surface area contributed by atoms with E-state index in [1.54, 1.807) is 0 Å². The van der Waals surface area contributed by atoms with E-state index in [0.717, 1.165) is 93.9 Å². The number of aromatic nitrogens is 6. The number of nitriles is 4. The van der Waals surface area contributed by atoms with E-state index in [0.29, 0.717) is 79.2 Å². The fraction of sp³-hybridized carbons (Fsp3) is 0.0784. The molecule has 0 radical (unpaired) electrons. The zero-order valence-corrected chi connectivity index (χ0v) is 64.7. The Labute approximate surface area is 683 Å². The maximum atomic E-state index is 10.7. The first-order valence-electron chi connectivity index (χ1n) is 38.8. The third-order valence-electron chi connectivity index (χ3n) is 24.3. The number of nitrogens with zero attached hydrogens (tertiary/aromatic N) is 10. The molecule has 5 aliphatic rings. The lowest BCUT2D eigenvalue weighted by Gasteiger charge is -2.32. The van der Waals surface area contributed by atoms with Gasteiger partial charge in [0, 0.05) is 54.8 Å². The summed E-state index contributed by atoms with van der Waals surface area (Å²) in [6.45, 7) is 8.03. The fourth-order valence-electron chi connectivity index (χ4n) is 18.5. The van der Waals surface area contributed by atoms with Gasteiger partial charge in [-0.2, -0.15) is 31.0 Å². The Hall–Kier alpha value is -15.1. The topological polar surface area (TPSA) is 217 Å². The predicted octanol–water partition coefficient (Wildman–Crippen LogP) is 22.7. The monoisotopic (exact) mass is 1540 g/mol. The minimum Gasteiger partial charge on any atom is -0.456 e. The van der Waals surface area contributed by atoms with Crippen molar-refractivity contribution in [2.75, 3.05) is 0 Å². The largest absolute Gasteiger partial charge is 0.496 e. The average molecular weight is 1540 g/mol. The van der Waals surface area contributed by atoms with E-state index in [4.69, 9.17) is 44.7 Å². The van der Waals surface area contributed by atoms with Crippen molar-refractivity contribution in [3.63, 3.8) is 0 Å². The van der Waals surface area contributed by atoms with E-state index in [2.05, 4.69) is 179 Å². The predicted molar refractivity (Wildman–Crippen MR) is 460 cm³/mol. The van der Waals surface area contributed by atoms with Crippen LogP contribution < -0.4 is 5.46 Å². The summed E-state index contributed by atoms with van der Waals surface area (Å²) in [5, 5.41) is 45.0. The van der Waals surface area contributed by atoms with Gasteiger partial charge >= 0.3 is 7.12 Å². The molecule has 118 heavy (non-hydrogen) atoms. The number of halogens is 1. The van der Waals surface area contributed by atoms with Crippen molar-refractivity contribution in [1.82, 2.24) is 29.9 Å². The van der Waals surface area contributed by atoms with Gasteiger partial charge in [-0.1, -0.05) is 243 Å². The zero-order valence-electron chi connectivity index (χ0n) is 63.9. The Morgan fingerprint density at radius 2 is 0.644 bits per heavy atom. The smallest absolute Gasteiger partial charge is 0.456 e. The Bertz CT molecular complexity index is 7260. The summed E-state index contributed by atoms with van der Waals surface area (Å²) in [5.74, 6) is 2.58. The van der Waals surface area contributed by atoms with E-state index in [-0.39, 0.29) is 5.28 Å². The molecule has 23 rings (SSSR count). The minimum absolute atomic E-state index is 0.202. The van der Waals surface area contributed by atoms with Crippen LogP contribution in [0.4, 0.5) is 0 Å². The molecule has 18 aromatic rings. The van der Waals surface area contributed by atoms with Gasteiger partial charge < -0.3 is 18.1 Å². The third-order valence-corrected chi connectivity index (χ3v) is 24.5. The second kappa shape index (κ2) is 27.1. The van der Waals surface area contributed by atoms with E-state index in [9.17, 15) is 21.0 Å². The van der Waals surface area contributed by atoms with Crippen molar-refractivity contribution in [2.24, 2.45) is 0 Å². The van der Waals surface area contributed by atoms with Gasteiger partial charge in [0.1, 0.15) is 22.3 Å². The molecule has 5 heterocycles. The normalized spacial score (nSPS) is 14.3. The van der Waals surface area contributed by atoms with Crippen LogP contribution in [0.1, 0.15) is 94.5 Å². The molecule has 1 fully saturated rings. The summed E-state index contributed by atoms with van der Waals surface area (Å²) in [6.07, 6.45) is 0. The van der Waals surface area contributed by atoms with Crippen molar-refractivity contribution >= 4 is 68.1 Å². The molecule has 0 atom stereocenters. The molecule has 14 aromatic carbocycles. The molecule has 554 valence electrons. The zero-order chi connectivity index (χ0) is 79.9. The Morgan fingerprint density at radius 3 is 1.03 bits per heavy atom. The number of hydrogen-bond donors (Lipinski definition) is 0. The van der Waals surface area contributed by atoms with Gasteiger partial charge in [-0.3, -0.25) is 0 Å². The van der Waals surface area contributed by atoms with Crippen molar-refractivity contribution in [1.29, 1.82) is 21.0 Å². The molecule has 4 aromatic heterocycles. The summed E-state index contributed by atoms with van der Waals surface area (Å²) in [7, 11) is -0.687. The molecule has 14 nitrogen and oxygen atoms in total. The molecular weight excluding hydrogens is 1480 g/mol. The van der Waals surface area contributed by atoms with Crippen LogP contribution in [-0.2, 0) is 20.1 Å². The van der Waals surface area contributed by atoms with Crippen LogP contribution in [0, 0.1) is 45.3 Å². The third kappa shape index (κ3) is 10.6. The standard InChI is InChI=1S/C48H25N5O.C39H27BN2O3.C15H10ClN3/c49-26-28-19-20-34-40(23-28)48(37-17-9-7-15-32(37)33-16-8-10-18-38(33)48)39-21-22-41-44(43(34)39)36-24-31(27-50)35(25-42(36)54-41)47-52-45(29-11-3-1-4-12-29)51-46(53-47)30-13-5-2-6-14-30;1-37(2)38(3,4)45-40(44-37)32-19-34-27(18-23(32)21-42)36-33(43-34)16-15-30-35(36)26-14-13-22(20-41)17-31(26)39(30)28-11-7-5-9-24(28)25-10-6-8-12-29(25)39;16-15-18-13(11-7-3-1-4-8-11)17-14(19-15)12-9-5-2-6-10-12/h1-25H;5-19H,1-4H3;1-10H. The Balaban J connectivity index is 0.000000122. The summed E-state index contributed by atoms with van der Waals surface area (Å²) >= 11 is 5.99. The number of benzene rings is 14. The van der Waals surface area contributed by atoms with Gasteiger partial charge in [0.25, 0.3) is 0 Å². The molecule has 16 heteroatoms. The van der Waals surface area contributed by atoms with Crippen LogP contribution in [0.5, 0.6) is 0 Å². The number of hydrogen-bond acceptors (Lipinski definition) is 14. The lowest BCUT2D eigenvalue weighted by atomic mass is 9.70. The summed E-state index contributed by atoms with van der Waals surface area (Å²) in [4.78, 5) is 27.5. The number of rotatable bonds is 6. The lowest BCUT2D eigenvalue weighted by Crippen LogP contribution is -2.41. The van der Waals surface area contributed by atoms with E-state index < -0.39 is 29.2 Å². The molecule has 1 aliphatic heterocycles. The highest BCUT2D eigenvalue weighted by atomic mass is 35.5. The van der Waals surface area contributed by atoms with Gasteiger partial charge in [-0.25, -0.2) is 19.9 Å². The number of fused-ring (bicyclic) bond motifs is 28. The minimum atomic E-state index is -0.687. The van der Waals surface area contributed by atoms with E-state index >= 15 is 0 Å². The highest BCUT2D eigenvalue weighted by Gasteiger charge is 2.56. The molecule has 1 saturated heterocycles. The molecule has 0 N–H and O–H groups in total. The van der Waals surface area contributed by atoms with Gasteiger partial charge in [-0.15, -0.1) is 0 Å². The average Bonchev–Trinajstić information content (AvgIpc) is 1.50. The lowest BCUT2D eigenvalue weighted by molar-refractivity contribution is 0.00578. The first kappa shape index (κ1) is 70.8. The van der Waals surface area contributed by atoms with Crippen LogP contribution in [0.2, 0.25) is 5.28 Å². The first-order valence-corrected chi connectivity index (χ1v) is 39.2. The second-order valence-electron chi connectivity index (χ2n) is 31.0. The number of furan rings is 2. The van der Waals surface area contributed by atoms with Gasteiger partial charge in [0.15, 0.2) is 29.1 Å². The molecule has 0 saturated carbocycles. The van der Waals surface area contributed by atoms with Crippen molar-refractivity contribution < 1.29 is 18.1 Å². The van der Waals surface area contributed by atoms with Crippen LogP contribution in [0.25, 0.3) is 145 Å². The van der Waals surface area contributed by atoms with Crippen LogP contribution in [-0.4, -0.2) is 48.2 Å². The highest BCUT2D eigenvalue weighted by Crippen LogP contribution is 2.67. The Morgan fingerprint density at radius 1 is 0.297 bits per heavy atom. The van der Waals surface area contributed by atoms with Gasteiger partial charge in [0.2, 0.25) is 5.28 Å². The van der Waals surface area contributed by atoms with Crippen molar-refractivity contribution in [3.05, 3.63) is 375 Å². The molecule has 0 amide bonds. The maximum Gasteiger partial charge on any atom is 0.496 e. The highest BCUT2D eigenvalue weighted by molar-refractivity contribution is 6.63. The van der Waals surface area contributed by atoms with Crippen LogP contribution in [0.15, 0.2) is 312 Å². The molecule has 0 unspecified atom stereocenters. The first-order chi connectivity index (χ1) is 57.7. The fourth-order valence-corrected chi connectivity index (χ4v) is 18.6. The summed E-state index contributed by atoms with van der Waals surface area (Å²) in [5.41, 5.74) is 25.6. The molecule has 0 bridgehead atoms. The Kier molecular flexibility index (Phi) is 16.2. The van der Waals surface area contributed by atoms with Crippen LogP contribution >= 0.6 is 11.6 Å². The quantitative estimate of drug-likeness (QED) is 0.142.